The standard InChI is InChI=1S/C18H19FN4O5S/c1-18(2,25)14-9-28-16-13(29(26,27)22-14)8-23(3)15(16)17(24)21-11-4-5-12(19)10(6-11)7-20/h4-6,8,14,22,25H,9H2,1-3H3,(H,21,24). The summed E-state index contributed by atoms with van der Waals surface area (Å²) >= 11 is 0. The van der Waals surface area contributed by atoms with Gasteiger partial charge in [-0.15, -0.1) is 0 Å². The number of aromatic nitrogens is 1. The molecule has 1 atom stereocenters. The topological polar surface area (TPSA) is 133 Å². The molecule has 0 radical (unpaired) electrons. The highest BCUT2D eigenvalue weighted by molar-refractivity contribution is 7.89. The van der Waals surface area contributed by atoms with E-state index in [4.69, 9.17) is 10.00 Å². The van der Waals surface area contributed by atoms with Crippen LogP contribution in [0.3, 0.4) is 0 Å². The normalized spacial score (nSPS) is 18.1. The fourth-order valence-corrected chi connectivity index (χ4v) is 4.40. The first kappa shape index (κ1) is 20.8. The largest absolute Gasteiger partial charge is 0.488 e. The number of ether oxygens (including phenoxy) is 1. The SMILES string of the molecule is Cn1cc2c(c1C(=O)Nc1ccc(F)c(C#N)c1)OCC(C(C)(C)O)NS2(=O)=O. The van der Waals surface area contributed by atoms with Gasteiger partial charge in [0.2, 0.25) is 10.0 Å². The number of aliphatic hydroxyl groups is 1. The van der Waals surface area contributed by atoms with E-state index < -0.39 is 33.4 Å². The highest BCUT2D eigenvalue weighted by Crippen LogP contribution is 2.34. The summed E-state index contributed by atoms with van der Waals surface area (Å²) in [6, 6.07) is 4.22. The molecule has 2 aromatic rings. The second-order valence-corrected chi connectivity index (χ2v) is 8.86. The van der Waals surface area contributed by atoms with Crippen molar-refractivity contribution >= 4 is 21.6 Å². The summed E-state index contributed by atoms with van der Waals surface area (Å²) in [6.07, 6.45) is 1.23. The summed E-state index contributed by atoms with van der Waals surface area (Å²) in [5.74, 6) is -1.59. The molecule has 0 bridgehead atoms. The summed E-state index contributed by atoms with van der Waals surface area (Å²) in [5, 5.41) is 21.6. The van der Waals surface area contributed by atoms with E-state index in [1.165, 1.54) is 37.7 Å². The number of nitrogens with one attached hydrogen (secondary N) is 2. The number of amides is 1. The van der Waals surface area contributed by atoms with Crippen LogP contribution in [0.4, 0.5) is 10.1 Å². The molecular formula is C18H19FN4O5S. The van der Waals surface area contributed by atoms with Crippen LogP contribution in [-0.2, 0) is 17.1 Å². The second-order valence-electron chi connectivity index (χ2n) is 7.18. The van der Waals surface area contributed by atoms with Crippen molar-refractivity contribution < 1.29 is 27.4 Å². The van der Waals surface area contributed by atoms with Crippen LogP contribution < -0.4 is 14.8 Å². The van der Waals surface area contributed by atoms with Gasteiger partial charge in [0.25, 0.3) is 5.91 Å². The van der Waals surface area contributed by atoms with Crippen LogP contribution >= 0.6 is 0 Å². The van der Waals surface area contributed by atoms with Crippen molar-refractivity contribution in [1.29, 1.82) is 5.26 Å². The lowest BCUT2D eigenvalue weighted by molar-refractivity contribution is 0.0288. The molecule has 1 aromatic carbocycles. The number of anilines is 1. The minimum Gasteiger partial charge on any atom is -0.488 e. The zero-order valence-electron chi connectivity index (χ0n) is 15.9. The average Bonchev–Trinajstić information content (AvgIpc) is 2.89. The van der Waals surface area contributed by atoms with Gasteiger partial charge in [0.05, 0.1) is 17.2 Å². The van der Waals surface area contributed by atoms with Crippen LogP contribution in [0.5, 0.6) is 5.75 Å². The van der Waals surface area contributed by atoms with E-state index in [0.29, 0.717) is 0 Å². The Morgan fingerprint density at radius 3 is 2.79 bits per heavy atom. The minimum atomic E-state index is -4.06. The number of aryl methyl sites for hydroxylation is 1. The van der Waals surface area contributed by atoms with Gasteiger partial charge >= 0.3 is 0 Å². The van der Waals surface area contributed by atoms with E-state index in [9.17, 15) is 22.7 Å². The van der Waals surface area contributed by atoms with Crippen molar-refractivity contribution in [3.63, 3.8) is 0 Å². The smallest absolute Gasteiger partial charge is 0.276 e. The molecule has 1 aliphatic rings. The summed E-state index contributed by atoms with van der Waals surface area (Å²) in [4.78, 5) is 12.6. The molecule has 0 aliphatic carbocycles. The predicted octanol–water partition coefficient (Wildman–Crippen LogP) is 1.10. The maximum Gasteiger partial charge on any atom is 0.276 e. The number of carbonyl (C=O) groups is 1. The van der Waals surface area contributed by atoms with Crippen molar-refractivity contribution in [1.82, 2.24) is 9.29 Å². The Morgan fingerprint density at radius 2 is 2.17 bits per heavy atom. The quantitative estimate of drug-likeness (QED) is 0.678. The Morgan fingerprint density at radius 1 is 1.48 bits per heavy atom. The molecule has 0 fully saturated rings. The van der Waals surface area contributed by atoms with Gasteiger partial charge in [-0.1, -0.05) is 0 Å². The lowest BCUT2D eigenvalue weighted by Gasteiger charge is -2.27. The average molecular weight is 422 g/mol. The van der Waals surface area contributed by atoms with Gasteiger partial charge in [-0.3, -0.25) is 4.79 Å². The Hall–Kier alpha value is -2.94. The van der Waals surface area contributed by atoms with Crippen LogP contribution in [0.25, 0.3) is 0 Å². The van der Waals surface area contributed by atoms with Crippen LogP contribution in [0, 0.1) is 17.1 Å². The number of halogens is 1. The molecule has 3 N–H and O–H groups in total. The number of benzene rings is 1. The number of nitrogens with zero attached hydrogens (tertiary/aromatic N) is 2. The number of sulfonamides is 1. The molecule has 154 valence electrons. The van der Waals surface area contributed by atoms with E-state index in [1.807, 2.05) is 0 Å². The van der Waals surface area contributed by atoms with Gasteiger partial charge in [0, 0.05) is 18.9 Å². The highest BCUT2D eigenvalue weighted by Gasteiger charge is 2.39. The second kappa shape index (κ2) is 7.14. The molecule has 3 rings (SSSR count). The van der Waals surface area contributed by atoms with Crippen molar-refractivity contribution in [2.75, 3.05) is 11.9 Å². The summed E-state index contributed by atoms with van der Waals surface area (Å²) < 4.78 is 48.1. The van der Waals surface area contributed by atoms with Crippen molar-refractivity contribution in [3.8, 4) is 11.8 Å². The fraction of sp³-hybridized carbons (Fsp3) is 0.333. The maximum absolute atomic E-state index is 13.5. The first-order valence-corrected chi connectivity index (χ1v) is 10.00. The minimum absolute atomic E-state index is 0.0791. The number of carbonyl (C=O) groups excluding carboxylic acids is 1. The molecule has 29 heavy (non-hydrogen) atoms. The summed E-state index contributed by atoms with van der Waals surface area (Å²) in [7, 11) is -2.59. The molecule has 0 saturated carbocycles. The van der Waals surface area contributed by atoms with Gasteiger partial charge in [-0.2, -0.15) is 5.26 Å². The van der Waals surface area contributed by atoms with Crippen LogP contribution in [0.2, 0.25) is 0 Å². The monoisotopic (exact) mass is 422 g/mol. The van der Waals surface area contributed by atoms with Gasteiger partial charge in [0.15, 0.2) is 11.4 Å². The molecule has 2 heterocycles. The molecule has 0 saturated heterocycles. The number of fused-ring (bicyclic) bond motifs is 1. The first-order chi connectivity index (χ1) is 13.4. The maximum atomic E-state index is 13.5. The van der Waals surface area contributed by atoms with Gasteiger partial charge in [-0.05, 0) is 32.0 Å². The molecule has 11 heteroatoms. The van der Waals surface area contributed by atoms with Crippen LogP contribution in [-0.4, -0.2) is 42.2 Å². The third kappa shape index (κ3) is 3.95. The van der Waals surface area contributed by atoms with Gasteiger partial charge < -0.3 is 19.7 Å². The fourth-order valence-electron chi connectivity index (χ4n) is 2.85. The van der Waals surface area contributed by atoms with E-state index in [-0.39, 0.29) is 34.2 Å². The molecule has 0 spiro atoms. The number of rotatable bonds is 3. The van der Waals surface area contributed by atoms with Crippen molar-refractivity contribution in [2.24, 2.45) is 7.05 Å². The van der Waals surface area contributed by atoms with Crippen molar-refractivity contribution in [2.45, 2.75) is 30.4 Å². The Bertz CT molecular complexity index is 1130. The zero-order valence-corrected chi connectivity index (χ0v) is 16.7. The zero-order chi connectivity index (χ0) is 21.6. The van der Waals surface area contributed by atoms with E-state index in [2.05, 4.69) is 10.0 Å². The summed E-state index contributed by atoms with van der Waals surface area (Å²) in [6.45, 7) is 2.68. The number of hydrogen-bond donors (Lipinski definition) is 3. The highest BCUT2D eigenvalue weighted by atomic mass is 32.2. The lowest BCUT2D eigenvalue weighted by atomic mass is 10.0. The van der Waals surface area contributed by atoms with E-state index in [1.54, 1.807) is 6.07 Å². The Labute approximate surface area is 166 Å². The van der Waals surface area contributed by atoms with Gasteiger partial charge in [-0.25, -0.2) is 17.5 Å². The third-order valence-corrected chi connectivity index (χ3v) is 5.96. The third-order valence-electron chi connectivity index (χ3n) is 4.50. The molecule has 9 nitrogen and oxygen atoms in total. The number of nitriles is 1. The number of hydrogen-bond acceptors (Lipinski definition) is 6. The Kier molecular flexibility index (Phi) is 5.12. The predicted molar refractivity (Wildman–Crippen MR) is 100 cm³/mol. The van der Waals surface area contributed by atoms with E-state index in [0.717, 1.165) is 12.1 Å². The lowest BCUT2D eigenvalue weighted by Crippen LogP contribution is -2.51. The van der Waals surface area contributed by atoms with Crippen LogP contribution in [0.15, 0.2) is 29.3 Å². The molecule has 1 amide bonds. The van der Waals surface area contributed by atoms with Gasteiger partial charge in [0.1, 0.15) is 23.4 Å². The first-order valence-electron chi connectivity index (χ1n) is 8.52. The van der Waals surface area contributed by atoms with Crippen molar-refractivity contribution in [3.05, 3.63) is 41.5 Å². The molecular weight excluding hydrogens is 403 g/mol. The Balaban J connectivity index is 1.98. The molecule has 1 unspecified atom stereocenters. The summed E-state index contributed by atoms with van der Waals surface area (Å²) in [5.41, 5.74) is -1.57. The molecule has 1 aromatic heterocycles. The van der Waals surface area contributed by atoms with Crippen LogP contribution in [0.1, 0.15) is 29.9 Å². The van der Waals surface area contributed by atoms with E-state index >= 15 is 0 Å². The molecule has 1 aliphatic heterocycles.